The Kier molecular flexibility index (Phi) is 7.47. The van der Waals surface area contributed by atoms with Crippen LogP contribution < -0.4 is 0 Å². The van der Waals surface area contributed by atoms with Crippen LogP contribution in [-0.2, 0) is 9.53 Å². The summed E-state index contributed by atoms with van der Waals surface area (Å²) < 4.78 is 21.3. The van der Waals surface area contributed by atoms with E-state index in [9.17, 15) is 9.90 Å². The van der Waals surface area contributed by atoms with Gasteiger partial charge in [0, 0.05) is 12.3 Å². The Morgan fingerprint density at radius 1 is 1.20 bits per heavy atom. The lowest BCUT2D eigenvalue weighted by molar-refractivity contribution is -0.195. The highest BCUT2D eigenvalue weighted by molar-refractivity contribution is 6.83. The number of ether oxygens (including phenoxy) is 1. The summed E-state index contributed by atoms with van der Waals surface area (Å²) in [5.74, 6) is 2.07. The van der Waals surface area contributed by atoms with Crippen LogP contribution in [0.4, 0.5) is 4.39 Å². The summed E-state index contributed by atoms with van der Waals surface area (Å²) in [6.07, 6.45) is 8.80. The van der Waals surface area contributed by atoms with Crippen molar-refractivity contribution >= 4 is 14.0 Å². The molecular weight excluding hydrogens is 455 g/mol. The molecule has 4 aliphatic carbocycles. The van der Waals surface area contributed by atoms with Gasteiger partial charge in [0.25, 0.3) is 0 Å². The third-order valence-corrected chi connectivity index (χ3v) is 14.0. The van der Waals surface area contributed by atoms with E-state index in [1.54, 1.807) is 0 Å². The fourth-order valence-corrected chi connectivity index (χ4v) is 11.7. The molecule has 11 atom stereocenters. The van der Waals surface area contributed by atoms with Gasteiger partial charge in [-0.15, -0.1) is 0 Å². The quantitative estimate of drug-likeness (QED) is 0.306. The second-order valence-electron chi connectivity index (χ2n) is 14.2. The molecule has 3 nitrogen and oxygen atoms in total. The number of esters is 1. The highest BCUT2D eigenvalue weighted by Crippen LogP contribution is 2.69. The van der Waals surface area contributed by atoms with Crippen molar-refractivity contribution in [1.82, 2.24) is 0 Å². The Hall–Kier alpha value is -0.683. The topological polar surface area (TPSA) is 46.5 Å². The van der Waals surface area contributed by atoms with Crippen molar-refractivity contribution in [3.8, 4) is 0 Å². The van der Waals surface area contributed by atoms with Crippen molar-refractivity contribution in [2.24, 2.45) is 52.3 Å². The molecule has 3 saturated carbocycles. The molecule has 35 heavy (non-hydrogen) atoms. The van der Waals surface area contributed by atoms with Gasteiger partial charge in [0.2, 0.25) is 0 Å². The van der Waals surface area contributed by atoms with Gasteiger partial charge < -0.3 is 9.84 Å². The van der Waals surface area contributed by atoms with Crippen LogP contribution in [0.1, 0.15) is 79.1 Å². The van der Waals surface area contributed by atoms with Crippen molar-refractivity contribution < 1.29 is 19.0 Å². The number of fused-ring (bicyclic) bond motifs is 5. The molecule has 1 unspecified atom stereocenters. The van der Waals surface area contributed by atoms with E-state index in [1.807, 2.05) is 0 Å². The SMILES string of the molecule is CC[C@H]1[C@@H](O)[C@@H]2[C@H](CC[C@]3(C)[C@@H](C(C)CCC(=O)OC)CC[C@@H]23)[C@@]2(C)CC=C([Si](C)(C)C)[C@H](F)[C@@H]12. The predicted octanol–water partition coefficient (Wildman–Crippen LogP) is 7.20. The lowest BCUT2D eigenvalue weighted by Gasteiger charge is -2.64. The molecule has 0 aromatic carbocycles. The van der Waals surface area contributed by atoms with E-state index in [4.69, 9.17) is 4.74 Å². The van der Waals surface area contributed by atoms with Gasteiger partial charge in [-0.2, -0.15) is 0 Å². The van der Waals surface area contributed by atoms with E-state index < -0.39 is 20.3 Å². The number of hydrogen-bond donors (Lipinski definition) is 1. The van der Waals surface area contributed by atoms with Crippen LogP contribution in [0.2, 0.25) is 19.6 Å². The smallest absolute Gasteiger partial charge is 0.305 e. The minimum atomic E-state index is -1.74. The molecule has 0 heterocycles. The first kappa shape index (κ1) is 27.4. The number of hydrogen-bond acceptors (Lipinski definition) is 3. The minimum Gasteiger partial charge on any atom is -0.469 e. The summed E-state index contributed by atoms with van der Waals surface area (Å²) in [7, 11) is -0.268. The van der Waals surface area contributed by atoms with E-state index >= 15 is 4.39 Å². The zero-order chi connectivity index (χ0) is 25.9. The van der Waals surface area contributed by atoms with Gasteiger partial charge in [-0.25, -0.2) is 4.39 Å². The number of aliphatic hydroxyl groups excluding tert-OH is 1. The standard InChI is InChI=1S/C30H51FO3Si/c1-9-19-26-27(31)23(35(6,7)8)15-17-30(26,4)22-14-16-29(3)20(18(2)10-13-24(32)34-5)11-12-21(29)25(22)28(19)33/h15,18-22,25-28,33H,9-14,16-17H2,1-8H3/t18?,19-,20-,21+,22+,25+,26-,27+,28-,29-,30-/m1/s1. The minimum absolute atomic E-state index is 0.0365. The van der Waals surface area contributed by atoms with Crippen LogP contribution in [0, 0.1) is 52.3 Å². The summed E-state index contributed by atoms with van der Waals surface area (Å²) in [6.45, 7) is 16.1. The van der Waals surface area contributed by atoms with E-state index in [1.165, 1.54) is 20.0 Å². The largest absolute Gasteiger partial charge is 0.469 e. The second-order valence-corrected chi connectivity index (χ2v) is 19.3. The van der Waals surface area contributed by atoms with Crippen molar-refractivity contribution in [3.63, 3.8) is 0 Å². The lowest BCUT2D eigenvalue weighted by Crippen LogP contribution is -2.64. The summed E-state index contributed by atoms with van der Waals surface area (Å²) >= 11 is 0. The van der Waals surface area contributed by atoms with Gasteiger partial charge in [-0.1, -0.05) is 65.0 Å². The average Bonchev–Trinajstić information content (AvgIpc) is 3.14. The van der Waals surface area contributed by atoms with Crippen LogP contribution in [0.25, 0.3) is 0 Å². The van der Waals surface area contributed by atoms with Crippen LogP contribution in [0.3, 0.4) is 0 Å². The zero-order valence-corrected chi connectivity index (χ0v) is 24.6. The molecule has 0 bridgehead atoms. The first-order valence-corrected chi connectivity index (χ1v) is 17.9. The molecule has 0 aromatic heterocycles. The summed E-state index contributed by atoms with van der Waals surface area (Å²) in [4.78, 5) is 11.8. The molecule has 0 radical (unpaired) electrons. The van der Waals surface area contributed by atoms with Gasteiger partial charge in [-0.05, 0) is 84.9 Å². The third-order valence-electron chi connectivity index (χ3n) is 11.7. The fraction of sp³-hybridized carbons (Fsp3) is 0.900. The Labute approximate surface area is 214 Å². The second kappa shape index (κ2) is 9.56. The molecule has 0 aliphatic heterocycles. The number of rotatable bonds is 6. The number of allylic oxidation sites excluding steroid dienone is 2. The molecule has 0 aromatic rings. The van der Waals surface area contributed by atoms with Crippen LogP contribution in [0.15, 0.2) is 11.3 Å². The van der Waals surface area contributed by atoms with Gasteiger partial charge in [0.15, 0.2) is 0 Å². The number of carbonyl (C=O) groups excluding carboxylic acids is 1. The highest BCUT2D eigenvalue weighted by atomic mass is 28.3. The number of methoxy groups -OCH3 is 1. The predicted molar refractivity (Wildman–Crippen MR) is 143 cm³/mol. The van der Waals surface area contributed by atoms with Crippen molar-refractivity contribution in [2.45, 2.75) is 111 Å². The molecule has 200 valence electrons. The number of alkyl halides is 1. The lowest BCUT2D eigenvalue weighted by atomic mass is 9.42. The van der Waals surface area contributed by atoms with Gasteiger partial charge >= 0.3 is 5.97 Å². The normalized spacial score (nSPS) is 46.2. The Balaban J connectivity index is 1.64. The number of aliphatic hydroxyl groups is 1. The van der Waals surface area contributed by atoms with Crippen molar-refractivity contribution in [2.75, 3.05) is 7.11 Å². The van der Waals surface area contributed by atoms with Crippen molar-refractivity contribution in [1.29, 1.82) is 0 Å². The van der Waals surface area contributed by atoms with Gasteiger partial charge in [-0.3, -0.25) is 4.79 Å². The Bertz CT molecular complexity index is 836. The third kappa shape index (κ3) is 4.29. The van der Waals surface area contributed by atoms with Crippen LogP contribution >= 0.6 is 0 Å². The molecule has 1 N–H and O–H groups in total. The first-order chi connectivity index (χ1) is 16.3. The van der Waals surface area contributed by atoms with Gasteiger partial charge in [0.1, 0.15) is 6.17 Å². The van der Waals surface area contributed by atoms with Crippen molar-refractivity contribution in [3.05, 3.63) is 11.3 Å². The summed E-state index contributed by atoms with van der Waals surface area (Å²) in [5.41, 5.74) is 0.130. The molecular formula is C30H51FO3Si. The summed E-state index contributed by atoms with van der Waals surface area (Å²) in [5, 5.41) is 13.1. The molecule has 4 aliphatic rings. The van der Waals surface area contributed by atoms with Crippen LogP contribution in [0.5, 0.6) is 0 Å². The molecule has 4 rings (SSSR count). The number of halogens is 1. The van der Waals surface area contributed by atoms with E-state index in [2.05, 4.69) is 53.4 Å². The molecule has 5 heteroatoms. The number of carbonyl (C=O) groups is 1. The van der Waals surface area contributed by atoms with E-state index in [-0.39, 0.29) is 34.6 Å². The molecule has 0 spiro atoms. The maximum atomic E-state index is 16.4. The molecule has 0 amide bonds. The highest BCUT2D eigenvalue weighted by Gasteiger charge is 2.66. The average molecular weight is 507 g/mol. The zero-order valence-electron chi connectivity index (χ0n) is 23.6. The maximum absolute atomic E-state index is 16.4. The summed E-state index contributed by atoms with van der Waals surface area (Å²) in [6, 6.07) is 0. The first-order valence-electron chi connectivity index (χ1n) is 14.4. The maximum Gasteiger partial charge on any atom is 0.305 e. The Morgan fingerprint density at radius 3 is 2.46 bits per heavy atom. The van der Waals surface area contributed by atoms with E-state index in [0.29, 0.717) is 30.1 Å². The van der Waals surface area contributed by atoms with E-state index in [0.717, 1.165) is 37.3 Å². The molecule has 3 fully saturated rings. The van der Waals surface area contributed by atoms with Crippen LogP contribution in [-0.4, -0.2) is 38.5 Å². The Morgan fingerprint density at radius 2 is 1.86 bits per heavy atom. The monoisotopic (exact) mass is 506 g/mol. The van der Waals surface area contributed by atoms with Gasteiger partial charge in [0.05, 0.1) is 21.3 Å². The fourth-order valence-electron chi connectivity index (χ4n) is 9.99. The molecule has 0 saturated heterocycles.